The molecule has 1 aromatic rings. The fourth-order valence-corrected chi connectivity index (χ4v) is 1.81. The molecule has 1 rings (SSSR count). The van der Waals surface area contributed by atoms with E-state index in [0.717, 1.165) is 13.0 Å². The summed E-state index contributed by atoms with van der Waals surface area (Å²) < 4.78 is 5.29. The molecule has 100 valence electrons. The van der Waals surface area contributed by atoms with Gasteiger partial charge in [-0.3, -0.25) is 4.79 Å². The number of halogens is 2. The van der Waals surface area contributed by atoms with Gasteiger partial charge in [-0.1, -0.05) is 23.2 Å². The van der Waals surface area contributed by atoms with Crippen LogP contribution in [-0.4, -0.2) is 32.7 Å². The van der Waals surface area contributed by atoms with Crippen molar-refractivity contribution in [3.05, 3.63) is 28.2 Å². The number of nitrogens with one attached hydrogen (secondary N) is 2. The van der Waals surface area contributed by atoms with Gasteiger partial charge in [0.15, 0.2) is 6.61 Å². The van der Waals surface area contributed by atoms with E-state index in [-0.39, 0.29) is 12.5 Å². The van der Waals surface area contributed by atoms with Gasteiger partial charge in [-0.05, 0) is 38.2 Å². The monoisotopic (exact) mass is 290 g/mol. The van der Waals surface area contributed by atoms with Crippen LogP contribution in [0.25, 0.3) is 0 Å². The molecule has 0 radical (unpaired) electrons. The minimum absolute atomic E-state index is 0.0454. The van der Waals surface area contributed by atoms with E-state index in [1.807, 2.05) is 7.05 Å². The Morgan fingerprint density at radius 2 is 1.89 bits per heavy atom. The molecule has 0 atom stereocenters. The summed E-state index contributed by atoms with van der Waals surface area (Å²) in [7, 11) is 1.87. The van der Waals surface area contributed by atoms with Gasteiger partial charge in [-0.15, -0.1) is 0 Å². The van der Waals surface area contributed by atoms with Crippen molar-refractivity contribution in [3.63, 3.8) is 0 Å². The van der Waals surface area contributed by atoms with Crippen LogP contribution in [0.15, 0.2) is 18.2 Å². The van der Waals surface area contributed by atoms with Crippen molar-refractivity contribution in [1.29, 1.82) is 0 Å². The van der Waals surface area contributed by atoms with Crippen LogP contribution in [0.4, 0.5) is 0 Å². The van der Waals surface area contributed by atoms with Crippen LogP contribution < -0.4 is 15.4 Å². The predicted octanol–water partition coefficient (Wildman–Crippen LogP) is 2.10. The van der Waals surface area contributed by atoms with Crippen LogP contribution in [-0.2, 0) is 4.79 Å². The van der Waals surface area contributed by atoms with Gasteiger partial charge in [0.1, 0.15) is 5.75 Å². The number of rotatable bonds is 7. The van der Waals surface area contributed by atoms with Crippen LogP contribution in [0.1, 0.15) is 6.42 Å². The maximum Gasteiger partial charge on any atom is 0.257 e. The van der Waals surface area contributed by atoms with E-state index < -0.39 is 0 Å². The molecule has 0 bridgehead atoms. The molecule has 0 aliphatic heterocycles. The van der Waals surface area contributed by atoms with Crippen LogP contribution in [0.2, 0.25) is 10.0 Å². The Morgan fingerprint density at radius 1 is 1.22 bits per heavy atom. The first-order valence-corrected chi connectivity index (χ1v) is 6.37. The molecular weight excluding hydrogens is 275 g/mol. The lowest BCUT2D eigenvalue weighted by atomic mass is 10.3. The zero-order chi connectivity index (χ0) is 13.4. The van der Waals surface area contributed by atoms with Crippen molar-refractivity contribution < 1.29 is 9.53 Å². The third-order valence-electron chi connectivity index (χ3n) is 2.13. The lowest BCUT2D eigenvalue weighted by Crippen LogP contribution is -2.30. The highest BCUT2D eigenvalue weighted by molar-refractivity contribution is 6.34. The van der Waals surface area contributed by atoms with Crippen molar-refractivity contribution in [2.45, 2.75) is 6.42 Å². The van der Waals surface area contributed by atoms with E-state index in [1.54, 1.807) is 18.2 Å². The van der Waals surface area contributed by atoms with E-state index in [9.17, 15) is 4.79 Å². The first-order chi connectivity index (χ1) is 8.61. The SMILES string of the molecule is CNCCCNC(=O)COc1cc(Cl)cc(Cl)c1. The molecule has 0 unspecified atom stereocenters. The number of hydrogen-bond donors (Lipinski definition) is 2. The largest absolute Gasteiger partial charge is 0.484 e. The minimum atomic E-state index is -0.165. The number of amides is 1. The second kappa shape index (κ2) is 8.19. The van der Waals surface area contributed by atoms with Crippen molar-refractivity contribution in [3.8, 4) is 5.75 Å². The van der Waals surface area contributed by atoms with Gasteiger partial charge in [0.25, 0.3) is 5.91 Å². The maximum absolute atomic E-state index is 11.4. The minimum Gasteiger partial charge on any atom is -0.484 e. The van der Waals surface area contributed by atoms with Gasteiger partial charge < -0.3 is 15.4 Å². The summed E-state index contributed by atoms with van der Waals surface area (Å²) >= 11 is 11.6. The Bertz CT molecular complexity index is 379. The average molecular weight is 291 g/mol. The van der Waals surface area contributed by atoms with Crippen LogP contribution in [0.5, 0.6) is 5.75 Å². The Labute approximate surface area is 117 Å². The lowest BCUT2D eigenvalue weighted by molar-refractivity contribution is -0.123. The van der Waals surface area contributed by atoms with Crippen molar-refractivity contribution >= 4 is 29.1 Å². The van der Waals surface area contributed by atoms with Crippen LogP contribution in [0, 0.1) is 0 Å². The van der Waals surface area contributed by atoms with Crippen LogP contribution >= 0.6 is 23.2 Å². The first-order valence-electron chi connectivity index (χ1n) is 5.62. The number of hydrogen-bond acceptors (Lipinski definition) is 3. The Kier molecular flexibility index (Phi) is 6.86. The molecule has 0 aromatic heterocycles. The zero-order valence-corrected chi connectivity index (χ0v) is 11.6. The quantitative estimate of drug-likeness (QED) is 0.756. The second-order valence-corrected chi connectivity index (χ2v) is 4.57. The van der Waals surface area contributed by atoms with Crippen molar-refractivity contribution in [2.24, 2.45) is 0 Å². The van der Waals surface area contributed by atoms with E-state index >= 15 is 0 Å². The van der Waals surface area contributed by atoms with Crippen LogP contribution in [0.3, 0.4) is 0 Å². The third kappa shape index (κ3) is 6.10. The number of carbonyl (C=O) groups is 1. The predicted molar refractivity (Wildman–Crippen MR) is 73.5 cm³/mol. The molecule has 18 heavy (non-hydrogen) atoms. The number of carbonyl (C=O) groups excluding carboxylic acids is 1. The molecule has 1 amide bonds. The maximum atomic E-state index is 11.4. The summed E-state index contributed by atoms with van der Waals surface area (Å²) in [4.78, 5) is 11.4. The van der Waals surface area contributed by atoms with E-state index in [4.69, 9.17) is 27.9 Å². The smallest absolute Gasteiger partial charge is 0.257 e. The standard InChI is InChI=1S/C12H16Cl2N2O2/c1-15-3-2-4-16-12(17)8-18-11-6-9(13)5-10(14)7-11/h5-7,15H,2-4,8H2,1H3,(H,16,17). The lowest BCUT2D eigenvalue weighted by Gasteiger charge is -2.08. The highest BCUT2D eigenvalue weighted by atomic mass is 35.5. The summed E-state index contributed by atoms with van der Waals surface area (Å²) in [6.45, 7) is 1.45. The normalized spacial score (nSPS) is 10.2. The van der Waals surface area contributed by atoms with Crippen molar-refractivity contribution in [1.82, 2.24) is 10.6 Å². The molecule has 0 fully saturated rings. The molecule has 0 heterocycles. The first kappa shape index (κ1) is 15.1. The molecular formula is C12H16Cl2N2O2. The van der Waals surface area contributed by atoms with Gasteiger partial charge in [0.05, 0.1) is 0 Å². The van der Waals surface area contributed by atoms with Crippen molar-refractivity contribution in [2.75, 3.05) is 26.7 Å². The highest BCUT2D eigenvalue weighted by Gasteiger charge is 2.03. The highest BCUT2D eigenvalue weighted by Crippen LogP contribution is 2.23. The molecule has 0 spiro atoms. The molecule has 0 aliphatic rings. The summed E-state index contributed by atoms with van der Waals surface area (Å²) in [6, 6.07) is 4.83. The molecule has 0 saturated carbocycles. The van der Waals surface area contributed by atoms with Gasteiger partial charge in [-0.2, -0.15) is 0 Å². The summed E-state index contributed by atoms with van der Waals surface area (Å²) in [6.07, 6.45) is 0.880. The van der Waals surface area contributed by atoms with Gasteiger partial charge in [-0.25, -0.2) is 0 Å². The molecule has 0 aliphatic carbocycles. The molecule has 6 heteroatoms. The Balaban J connectivity index is 2.29. The van der Waals surface area contributed by atoms with E-state index in [1.165, 1.54) is 0 Å². The van der Waals surface area contributed by atoms with Gasteiger partial charge in [0, 0.05) is 16.6 Å². The van der Waals surface area contributed by atoms with Gasteiger partial charge in [0.2, 0.25) is 0 Å². The summed E-state index contributed by atoms with van der Waals surface area (Å²) in [5.74, 6) is 0.320. The second-order valence-electron chi connectivity index (χ2n) is 3.70. The summed E-state index contributed by atoms with van der Waals surface area (Å²) in [5.41, 5.74) is 0. The molecule has 0 saturated heterocycles. The zero-order valence-electron chi connectivity index (χ0n) is 10.1. The third-order valence-corrected chi connectivity index (χ3v) is 2.57. The summed E-state index contributed by atoms with van der Waals surface area (Å²) in [5, 5.41) is 6.70. The topological polar surface area (TPSA) is 50.4 Å². The average Bonchev–Trinajstić information content (AvgIpc) is 2.31. The van der Waals surface area contributed by atoms with Gasteiger partial charge >= 0.3 is 0 Å². The molecule has 1 aromatic carbocycles. The fourth-order valence-electron chi connectivity index (χ4n) is 1.30. The molecule has 2 N–H and O–H groups in total. The number of ether oxygens (including phenoxy) is 1. The number of benzene rings is 1. The fraction of sp³-hybridized carbons (Fsp3) is 0.417. The molecule has 4 nitrogen and oxygen atoms in total. The van der Waals surface area contributed by atoms with E-state index in [0.29, 0.717) is 22.3 Å². The Morgan fingerprint density at radius 3 is 2.50 bits per heavy atom. The Hall–Kier alpha value is -0.970. The van der Waals surface area contributed by atoms with E-state index in [2.05, 4.69) is 10.6 Å².